The van der Waals surface area contributed by atoms with Crippen LogP contribution in [0.5, 0.6) is 0 Å². The average Bonchev–Trinajstić information content (AvgIpc) is 3.23. The third-order valence-electron chi connectivity index (χ3n) is 12.4. The van der Waals surface area contributed by atoms with E-state index in [1.165, 1.54) is 4.90 Å². The van der Waals surface area contributed by atoms with Gasteiger partial charge in [0.15, 0.2) is 12.6 Å². The topological polar surface area (TPSA) is 636 Å². The van der Waals surface area contributed by atoms with Crippen molar-refractivity contribution < 1.29 is 169 Å². The van der Waals surface area contributed by atoms with E-state index in [2.05, 4.69) is 20.9 Å². The van der Waals surface area contributed by atoms with Gasteiger partial charge in [0.2, 0.25) is 25.0 Å². The molecule has 0 saturated carbocycles. The number of carbonyl (C=O) groups excluding carboxylic acids is 4. The first-order chi connectivity index (χ1) is 41.1. The van der Waals surface area contributed by atoms with Gasteiger partial charge in [-0.05, 0) is 0 Å². The van der Waals surface area contributed by atoms with Crippen LogP contribution in [0.15, 0.2) is 10.3 Å². The van der Waals surface area contributed by atoms with Crippen molar-refractivity contribution in [1.29, 1.82) is 0 Å². The van der Waals surface area contributed by atoms with Gasteiger partial charge < -0.3 is 146 Å². The molecule has 2 amide bonds. The van der Waals surface area contributed by atoms with Gasteiger partial charge in [0.05, 0.1) is 84.7 Å². The molecule has 0 aromatic carbocycles. The number of rotatable bonds is 44. The molecule has 41 nitrogen and oxygen atoms in total. The Hall–Kier alpha value is -5.69. The number of hydrogen-bond acceptors (Lipinski definition) is 36. The highest BCUT2D eigenvalue weighted by Gasteiger charge is 2.48. The second-order valence-corrected chi connectivity index (χ2v) is 19.1. The SMILES string of the molecule is O=C(O)CN(CCN(CC(=O)O)CC(=O)NCCOC(=O)CO/N=C\[C@@H](O)[C@H](O)[C@@H](O[C@@H]1O[C@H](CO)[C@H](O)[C@H](O)[C@H]1O)[C@@H](O)CO)CCN(CC(=O)O)CC(=O)NCCOC(=O)CO/N=C/[C@@H](O)[C@H](O)[C@@H](O[C@H]1O[C@H](CO)[C@H](O)[C@H](O)[C@H]1O)[C@@H](O)CO. The summed E-state index contributed by atoms with van der Waals surface area (Å²) in [5, 5.41) is 200. The Morgan fingerprint density at radius 1 is 0.483 bits per heavy atom. The molecule has 41 heteroatoms. The molecule has 0 unspecified atom stereocenters. The predicted octanol–water partition coefficient (Wildman–Crippen LogP) is -15.0. The summed E-state index contributed by atoms with van der Waals surface area (Å²) < 4.78 is 30.6. The molecule has 0 bridgehead atoms. The summed E-state index contributed by atoms with van der Waals surface area (Å²) in [5.74, 6) is -7.78. The van der Waals surface area contributed by atoms with Gasteiger partial charge in [-0.15, -0.1) is 0 Å². The van der Waals surface area contributed by atoms with Crippen LogP contribution >= 0.6 is 0 Å². The maximum atomic E-state index is 12.7. The highest BCUT2D eigenvalue weighted by atomic mass is 16.7. The molecule has 2 aliphatic rings. The van der Waals surface area contributed by atoms with Crippen LogP contribution in [0.4, 0.5) is 0 Å². The zero-order valence-corrected chi connectivity index (χ0v) is 46.3. The van der Waals surface area contributed by atoms with Crippen LogP contribution < -0.4 is 10.6 Å². The molecular weight excluding hydrogens is 1190 g/mol. The Bertz CT molecular complexity index is 2000. The fourth-order valence-electron chi connectivity index (χ4n) is 7.78. The Kier molecular flexibility index (Phi) is 36.3. The number of carbonyl (C=O) groups is 7. The molecule has 2 heterocycles. The van der Waals surface area contributed by atoms with Crippen molar-refractivity contribution in [2.75, 3.05) is 125 Å². The van der Waals surface area contributed by atoms with Crippen LogP contribution in [0.1, 0.15) is 0 Å². The molecule has 2 rings (SSSR count). The third kappa shape index (κ3) is 28.1. The average molecular weight is 1270 g/mol. The van der Waals surface area contributed by atoms with E-state index in [1.54, 1.807) is 0 Å². The molecule has 87 heavy (non-hydrogen) atoms. The summed E-state index contributed by atoms with van der Waals surface area (Å²) in [5.41, 5.74) is 0. The summed E-state index contributed by atoms with van der Waals surface area (Å²) in [4.78, 5) is 97.7. The zero-order valence-electron chi connectivity index (χ0n) is 46.3. The number of amides is 2. The first kappa shape index (κ1) is 77.4. The van der Waals surface area contributed by atoms with E-state index in [0.29, 0.717) is 12.4 Å². The van der Waals surface area contributed by atoms with Crippen molar-refractivity contribution in [3.8, 4) is 0 Å². The lowest BCUT2D eigenvalue weighted by Gasteiger charge is -2.42. The van der Waals surface area contributed by atoms with Crippen molar-refractivity contribution in [2.24, 2.45) is 10.3 Å². The lowest BCUT2D eigenvalue weighted by atomic mass is 9.98. The summed E-state index contributed by atoms with van der Waals surface area (Å²) in [6.45, 7) is -11.2. The number of hydrogen-bond donors (Lipinski definition) is 21. The number of aliphatic hydroxyl groups is 16. The van der Waals surface area contributed by atoms with Crippen molar-refractivity contribution in [2.45, 2.75) is 110 Å². The van der Waals surface area contributed by atoms with Crippen molar-refractivity contribution in [3.63, 3.8) is 0 Å². The first-order valence-electron chi connectivity index (χ1n) is 26.3. The number of carboxylic acid groups (broad SMARTS) is 3. The number of aliphatic hydroxyl groups excluding tert-OH is 16. The molecule has 18 atom stereocenters. The molecule has 502 valence electrons. The highest BCUT2D eigenvalue weighted by molar-refractivity contribution is 5.80. The minimum absolute atomic E-state index is 0.196. The van der Waals surface area contributed by atoms with E-state index in [9.17, 15) is 131 Å². The number of oxime groups is 2. The molecule has 0 spiro atoms. The molecule has 0 aromatic rings. The van der Waals surface area contributed by atoms with Gasteiger partial charge in [0, 0.05) is 26.2 Å². The third-order valence-corrected chi connectivity index (χ3v) is 12.4. The van der Waals surface area contributed by atoms with Gasteiger partial charge in [-0.1, -0.05) is 10.3 Å². The Morgan fingerprint density at radius 3 is 1.14 bits per heavy atom. The minimum atomic E-state index is -2.15. The van der Waals surface area contributed by atoms with Gasteiger partial charge in [0.1, 0.15) is 111 Å². The molecule has 0 aromatic heterocycles. The molecule has 0 aliphatic carbocycles. The lowest BCUT2D eigenvalue weighted by molar-refractivity contribution is -0.326. The molecule has 21 N–H and O–H groups in total. The second-order valence-electron chi connectivity index (χ2n) is 19.1. The number of esters is 2. The Labute approximate surface area is 492 Å². The molecule has 2 saturated heterocycles. The van der Waals surface area contributed by atoms with E-state index in [-0.39, 0.29) is 39.3 Å². The quantitative estimate of drug-likeness (QED) is 0.0117. The monoisotopic (exact) mass is 1270 g/mol. The van der Waals surface area contributed by atoms with E-state index in [4.69, 9.17) is 38.1 Å². The molecule has 2 fully saturated rings. The largest absolute Gasteiger partial charge is 0.480 e. The van der Waals surface area contributed by atoms with Crippen LogP contribution in [0.25, 0.3) is 0 Å². The van der Waals surface area contributed by atoms with Gasteiger partial charge in [0.25, 0.3) is 0 Å². The van der Waals surface area contributed by atoms with E-state index >= 15 is 0 Å². The number of ether oxygens (including phenoxy) is 6. The minimum Gasteiger partial charge on any atom is -0.480 e. The standard InChI is InChI=1S/C46H79N7O34/c54-16-24(60)43(86-45-41(78)39(76)37(74)26(18-56)84-45)35(72)22(58)9-49-82-20-33(70)80-7-1-47-28(62)11-52(14-31(66)67)5-3-51(13-30(64)65)4-6-53(15-32(68)69)12-29(63)48-2-8-81-34(71)21-83-50-10-23(59)36(73)44(25(61)17-55)87-46-42(79)40(77)38(75)27(19-57)85-46/h9-10,22-27,35-46,54-61,72-79H,1-8,11-21H2,(H,47,62)(H,48,63)(H,64,65)(H,66,67)(H,68,69)/b49-9-,50-10+/t22-,23-,24+,25+,26-,27-,35+,36+,37+,38+,39+,40+,41-,42-,43+,44+,45+,46-/m1/s1. The maximum absolute atomic E-state index is 12.7. The predicted molar refractivity (Wildman–Crippen MR) is 277 cm³/mol. The molecule has 2 aliphatic heterocycles. The fourth-order valence-corrected chi connectivity index (χ4v) is 7.78. The first-order valence-corrected chi connectivity index (χ1v) is 26.3. The van der Waals surface area contributed by atoms with Crippen LogP contribution in [0.3, 0.4) is 0 Å². The summed E-state index contributed by atoms with van der Waals surface area (Å²) >= 11 is 0. The summed E-state index contributed by atoms with van der Waals surface area (Å²) in [6, 6.07) is 0. The van der Waals surface area contributed by atoms with Crippen LogP contribution in [-0.4, -0.2) is 401 Å². The molecular formula is C46H79N7O34. The Balaban J connectivity index is 1.81. The van der Waals surface area contributed by atoms with Crippen molar-refractivity contribution >= 4 is 54.1 Å². The van der Waals surface area contributed by atoms with Crippen LogP contribution in [0.2, 0.25) is 0 Å². The maximum Gasteiger partial charge on any atom is 0.347 e. The number of aliphatic carboxylic acids is 3. The van der Waals surface area contributed by atoms with E-state index < -0.39 is 237 Å². The molecule has 0 radical (unpaired) electrons. The number of carboxylic acids is 3. The zero-order chi connectivity index (χ0) is 65.5. The lowest BCUT2D eigenvalue weighted by Crippen LogP contribution is -2.61. The number of nitrogens with one attached hydrogen (secondary N) is 2. The second kappa shape index (κ2) is 40.8. The van der Waals surface area contributed by atoms with Gasteiger partial charge in [-0.3, -0.25) is 38.7 Å². The summed E-state index contributed by atoms with van der Waals surface area (Å²) in [6.07, 6.45) is -33.2. The van der Waals surface area contributed by atoms with Crippen molar-refractivity contribution in [1.82, 2.24) is 25.3 Å². The van der Waals surface area contributed by atoms with Crippen molar-refractivity contribution in [3.05, 3.63) is 0 Å². The number of nitrogens with zero attached hydrogens (tertiary/aromatic N) is 5. The normalized spacial score (nSPS) is 25.3. The van der Waals surface area contributed by atoms with Crippen LogP contribution in [0, 0.1) is 0 Å². The highest BCUT2D eigenvalue weighted by Crippen LogP contribution is 2.26. The smallest absolute Gasteiger partial charge is 0.347 e. The van der Waals surface area contributed by atoms with Gasteiger partial charge in [-0.2, -0.15) is 0 Å². The van der Waals surface area contributed by atoms with E-state index in [1.807, 2.05) is 0 Å². The summed E-state index contributed by atoms with van der Waals surface area (Å²) in [7, 11) is 0. The van der Waals surface area contributed by atoms with Gasteiger partial charge in [-0.25, -0.2) is 9.59 Å². The van der Waals surface area contributed by atoms with Gasteiger partial charge >= 0.3 is 29.8 Å². The Morgan fingerprint density at radius 2 is 0.816 bits per heavy atom. The van der Waals surface area contributed by atoms with Crippen LogP contribution in [-0.2, 0) is 71.7 Å². The van der Waals surface area contributed by atoms with E-state index in [0.717, 1.165) is 9.80 Å². The fraction of sp³-hybridized carbons (Fsp3) is 0.804.